The molecule has 0 aromatic carbocycles. The fourth-order valence-electron chi connectivity index (χ4n) is 1.82. The van der Waals surface area contributed by atoms with Crippen LogP contribution >= 0.6 is 11.6 Å². The molecule has 5 nitrogen and oxygen atoms in total. The molecule has 0 fully saturated rings. The number of aryl methyl sites for hydroxylation is 3. The highest BCUT2D eigenvalue weighted by atomic mass is 35.5. The highest BCUT2D eigenvalue weighted by molar-refractivity contribution is 6.31. The number of nitrogens with zero attached hydrogens (tertiary/aromatic N) is 3. The molecule has 0 amide bonds. The average molecular weight is 266 g/mol. The first-order valence-corrected chi connectivity index (χ1v) is 5.71. The van der Waals surface area contributed by atoms with E-state index in [1.165, 1.54) is 4.68 Å². The Morgan fingerprint density at radius 2 is 2.00 bits per heavy atom. The minimum absolute atomic E-state index is 0.139. The van der Waals surface area contributed by atoms with Gasteiger partial charge in [-0.2, -0.15) is 5.10 Å². The van der Waals surface area contributed by atoms with E-state index in [1.54, 1.807) is 33.0 Å². The number of pyridine rings is 1. The van der Waals surface area contributed by atoms with E-state index >= 15 is 0 Å². The summed E-state index contributed by atoms with van der Waals surface area (Å²) in [6.07, 6.45) is 1.59. The summed E-state index contributed by atoms with van der Waals surface area (Å²) in [5.74, 6) is -1.03. The number of hydrogen-bond donors (Lipinski definition) is 1. The maximum atomic E-state index is 11.3. The van der Waals surface area contributed by atoms with E-state index in [4.69, 9.17) is 11.6 Å². The van der Waals surface area contributed by atoms with E-state index in [9.17, 15) is 9.90 Å². The van der Waals surface area contributed by atoms with Gasteiger partial charge in [0.15, 0.2) is 0 Å². The molecule has 0 atom stereocenters. The van der Waals surface area contributed by atoms with Crippen molar-refractivity contribution in [2.24, 2.45) is 0 Å². The Kier molecular flexibility index (Phi) is 3.09. The zero-order chi connectivity index (χ0) is 13.4. The van der Waals surface area contributed by atoms with E-state index in [0.717, 1.165) is 5.69 Å². The van der Waals surface area contributed by atoms with E-state index < -0.39 is 5.97 Å². The van der Waals surface area contributed by atoms with Crippen molar-refractivity contribution in [2.75, 3.05) is 0 Å². The molecule has 0 unspecified atom stereocenters. The molecule has 2 aromatic heterocycles. The van der Waals surface area contributed by atoms with Gasteiger partial charge in [-0.15, -0.1) is 0 Å². The van der Waals surface area contributed by atoms with Crippen LogP contribution in [0.2, 0.25) is 5.02 Å². The molecule has 0 bridgehead atoms. The first-order chi connectivity index (χ1) is 8.40. The Bertz CT molecular complexity index is 615. The molecule has 0 spiro atoms. The van der Waals surface area contributed by atoms with Crippen LogP contribution in [0.25, 0.3) is 5.69 Å². The second-order valence-corrected chi connectivity index (χ2v) is 4.46. The Hall–Kier alpha value is -1.88. The van der Waals surface area contributed by atoms with Gasteiger partial charge in [0.05, 0.1) is 22.1 Å². The second kappa shape index (κ2) is 4.42. The topological polar surface area (TPSA) is 68.0 Å². The third-order valence-corrected chi connectivity index (χ3v) is 2.98. The number of carbonyl (C=O) groups is 1. The number of aromatic carboxylic acids is 1. The number of carboxylic acid groups (broad SMARTS) is 1. The summed E-state index contributed by atoms with van der Waals surface area (Å²) in [6, 6.07) is 1.68. The van der Waals surface area contributed by atoms with Crippen molar-refractivity contribution in [2.45, 2.75) is 20.8 Å². The average Bonchev–Trinajstić information content (AvgIpc) is 2.57. The standard InChI is InChI=1S/C12H12ClN3O2/c1-6-4-10(11(12(17)18)8(3)14-6)16-5-9(13)7(2)15-16/h4-5H,1-3H3,(H,17,18). The van der Waals surface area contributed by atoms with Crippen molar-refractivity contribution in [1.82, 2.24) is 14.8 Å². The summed E-state index contributed by atoms with van der Waals surface area (Å²) < 4.78 is 1.48. The van der Waals surface area contributed by atoms with Crippen LogP contribution in [0.5, 0.6) is 0 Å². The van der Waals surface area contributed by atoms with Crippen molar-refractivity contribution in [3.05, 3.63) is 39.9 Å². The molecule has 18 heavy (non-hydrogen) atoms. The van der Waals surface area contributed by atoms with Gasteiger partial charge >= 0.3 is 5.97 Å². The van der Waals surface area contributed by atoms with Gasteiger partial charge in [0.2, 0.25) is 0 Å². The van der Waals surface area contributed by atoms with Crippen molar-refractivity contribution in [3.8, 4) is 5.69 Å². The molecule has 1 N–H and O–H groups in total. The smallest absolute Gasteiger partial charge is 0.339 e. The lowest BCUT2D eigenvalue weighted by molar-refractivity contribution is 0.0695. The number of rotatable bonds is 2. The van der Waals surface area contributed by atoms with Gasteiger partial charge in [-0.05, 0) is 26.8 Å². The molecule has 2 heterocycles. The van der Waals surface area contributed by atoms with Crippen molar-refractivity contribution >= 4 is 17.6 Å². The fourth-order valence-corrected chi connectivity index (χ4v) is 1.95. The number of hydrogen-bond acceptors (Lipinski definition) is 3. The summed E-state index contributed by atoms with van der Waals surface area (Å²) >= 11 is 5.94. The molecule has 0 aliphatic carbocycles. The quantitative estimate of drug-likeness (QED) is 0.906. The largest absolute Gasteiger partial charge is 0.478 e. The van der Waals surface area contributed by atoms with Crippen molar-refractivity contribution in [1.29, 1.82) is 0 Å². The van der Waals surface area contributed by atoms with Gasteiger partial charge in [-0.1, -0.05) is 11.6 Å². The van der Waals surface area contributed by atoms with Crippen LogP contribution in [-0.2, 0) is 0 Å². The van der Waals surface area contributed by atoms with Crippen LogP contribution in [0, 0.1) is 20.8 Å². The Morgan fingerprint density at radius 3 is 2.50 bits per heavy atom. The van der Waals surface area contributed by atoms with E-state index in [0.29, 0.717) is 22.1 Å². The molecule has 0 saturated carbocycles. The summed E-state index contributed by atoms with van der Waals surface area (Å²) in [4.78, 5) is 15.5. The van der Waals surface area contributed by atoms with E-state index in [2.05, 4.69) is 10.1 Å². The fraction of sp³-hybridized carbons (Fsp3) is 0.250. The van der Waals surface area contributed by atoms with Crippen LogP contribution in [-0.4, -0.2) is 25.8 Å². The monoisotopic (exact) mass is 265 g/mol. The third-order valence-electron chi connectivity index (χ3n) is 2.61. The first kappa shape index (κ1) is 12.6. The summed E-state index contributed by atoms with van der Waals surface area (Å²) in [5, 5.41) is 14.0. The number of aromatic nitrogens is 3. The van der Waals surface area contributed by atoms with Crippen LogP contribution in [0.3, 0.4) is 0 Å². The molecule has 2 aromatic rings. The predicted molar refractivity (Wildman–Crippen MR) is 67.5 cm³/mol. The lowest BCUT2D eigenvalue weighted by Gasteiger charge is -2.09. The molecule has 0 aliphatic rings. The highest BCUT2D eigenvalue weighted by Crippen LogP contribution is 2.21. The molecule has 0 aliphatic heterocycles. The van der Waals surface area contributed by atoms with Gasteiger partial charge in [-0.3, -0.25) is 4.98 Å². The SMILES string of the molecule is Cc1cc(-n2cc(Cl)c(C)n2)c(C(=O)O)c(C)n1. The maximum Gasteiger partial charge on any atom is 0.339 e. The summed E-state index contributed by atoms with van der Waals surface area (Å²) in [7, 11) is 0. The van der Waals surface area contributed by atoms with Gasteiger partial charge in [0.1, 0.15) is 5.56 Å². The Labute approximate surface area is 109 Å². The van der Waals surface area contributed by atoms with Crippen molar-refractivity contribution in [3.63, 3.8) is 0 Å². The molecular weight excluding hydrogens is 254 g/mol. The Morgan fingerprint density at radius 1 is 1.33 bits per heavy atom. The summed E-state index contributed by atoms with van der Waals surface area (Å²) in [6.45, 7) is 5.23. The minimum atomic E-state index is -1.03. The highest BCUT2D eigenvalue weighted by Gasteiger charge is 2.18. The normalized spacial score (nSPS) is 10.7. The minimum Gasteiger partial charge on any atom is -0.478 e. The molecule has 94 valence electrons. The van der Waals surface area contributed by atoms with Gasteiger partial charge in [0.25, 0.3) is 0 Å². The number of carboxylic acids is 1. The maximum absolute atomic E-state index is 11.3. The first-order valence-electron chi connectivity index (χ1n) is 5.34. The zero-order valence-electron chi connectivity index (χ0n) is 10.2. The van der Waals surface area contributed by atoms with Crippen molar-refractivity contribution < 1.29 is 9.90 Å². The molecule has 0 saturated heterocycles. The molecular formula is C12H12ClN3O2. The van der Waals surface area contributed by atoms with Crippen LogP contribution in [0.15, 0.2) is 12.3 Å². The van der Waals surface area contributed by atoms with E-state index in [-0.39, 0.29) is 5.56 Å². The molecule has 2 rings (SSSR count). The van der Waals surface area contributed by atoms with Gasteiger partial charge in [0, 0.05) is 11.9 Å². The zero-order valence-corrected chi connectivity index (χ0v) is 11.0. The van der Waals surface area contributed by atoms with Gasteiger partial charge < -0.3 is 5.11 Å². The van der Waals surface area contributed by atoms with Crippen LogP contribution in [0.4, 0.5) is 0 Å². The van der Waals surface area contributed by atoms with Crippen LogP contribution < -0.4 is 0 Å². The van der Waals surface area contributed by atoms with E-state index in [1.807, 2.05) is 0 Å². The number of halogens is 1. The van der Waals surface area contributed by atoms with Crippen LogP contribution in [0.1, 0.15) is 27.4 Å². The molecule has 6 heteroatoms. The second-order valence-electron chi connectivity index (χ2n) is 4.06. The lowest BCUT2D eigenvalue weighted by atomic mass is 10.1. The Balaban J connectivity index is 2.73. The predicted octanol–water partition coefficient (Wildman–Crippen LogP) is 2.54. The lowest BCUT2D eigenvalue weighted by Crippen LogP contribution is -2.10. The molecule has 0 radical (unpaired) electrons. The summed E-state index contributed by atoms with van der Waals surface area (Å²) in [5.41, 5.74) is 2.46. The third kappa shape index (κ3) is 2.09. The van der Waals surface area contributed by atoms with Gasteiger partial charge in [-0.25, -0.2) is 9.48 Å².